The third kappa shape index (κ3) is 3.92. The molecular formula is C19H15NO5. The molecule has 0 unspecified atom stereocenters. The molecule has 25 heavy (non-hydrogen) atoms. The van der Waals surface area contributed by atoms with Crippen LogP contribution < -0.4 is 15.7 Å². The largest absolute Gasteiger partial charge is 0.425 e. The highest BCUT2D eigenvalue weighted by molar-refractivity contribution is 5.98. The summed E-state index contributed by atoms with van der Waals surface area (Å²) in [7, 11) is 0. The molecule has 0 atom stereocenters. The van der Waals surface area contributed by atoms with Crippen LogP contribution in [0.15, 0.2) is 63.8 Å². The second-order valence-corrected chi connectivity index (χ2v) is 5.46. The van der Waals surface area contributed by atoms with E-state index >= 15 is 0 Å². The summed E-state index contributed by atoms with van der Waals surface area (Å²) < 4.78 is 10.2. The minimum Gasteiger partial charge on any atom is -0.425 e. The Labute approximate surface area is 143 Å². The standard InChI is InChI=1S/C19H15NO5/c1-12-6-8-14(9-7-12)24-17(21)11-20-18(22)15-10-13-4-2-3-5-16(13)25-19(15)23/h2-10H,11H2,1H3,(H,20,22). The highest BCUT2D eigenvalue weighted by Crippen LogP contribution is 2.13. The molecule has 0 bridgehead atoms. The van der Waals surface area contributed by atoms with Crippen LogP contribution in [0.3, 0.4) is 0 Å². The molecule has 2 aromatic carbocycles. The Balaban J connectivity index is 1.66. The number of carbonyl (C=O) groups excluding carboxylic acids is 2. The van der Waals surface area contributed by atoms with E-state index in [1.54, 1.807) is 36.4 Å². The van der Waals surface area contributed by atoms with Crippen molar-refractivity contribution in [2.45, 2.75) is 6.92 Å². The quantitative estimate of drug-likeness (QED) is 0.449. The summed E-state index contributed by atoms with van der Waals surface area (Å²) in [4.78, 5) is 35.8. The van der Waals surface area contributed by atoms with E-state index in [1.807, 2.05) is 19.1 Å². The molecule has 1 N–H and O–H groups in total. The van der Waals surface area contributed by atoms with Crippen molar-refractivity contribution in [2.24, 2.45) is 0 Å². The van der Waals surface area contributed by atoms with Crippen LogP contribution in [0.4, 0.5) is 0 Å². The van der Waals surface area contributed by atoms with Gasteiger partial charge in [0.2, 0.25) is 0 Å². The topological polar surface area (TPSA) is 85.6 Å². The van der Waals surface area contributed by atoms with Gasteiger partial charge in [0.25, 0.3) is 5.91 Å². The second kappa shape index (κ2) is 7.00. The Morgan fingerprint density at radius 2 is 1.80 bits per heavy atom. The van der Waals surface area contributed by atoms with Gasteiger partial charge in [-0.1, -0.05) is 35.9 Å². The van der Waals surface area contributed by atoms with Gasteiger partial charge in [-0.25, -0.2) is 9.59 Å². The molecule has 6 nitrogen and oxygen atoms in total. The molecule has 1 aromatic heterocycles. The van der Waals surface area contributed by atoms with E-state index in [4.69, 9.17) is 9.15 Å². The maximum Gasteiger partial charge on any atom is 0.349 e. The molecule has 0 aliphatic heterocycles. The van der Waals surface area contributed by atoms with Crippen LogP contribution in [-0.4, -0.2) is 18.4 Å². The number of hydrogen-bond donors (Lipinski definition) is 1. The smallest absolute Gasteiger partial charge is 0.349 e. The predicted molar refractivity (Wildman–Crippen MR) is 91.6 cm³/mol. The van der Waals surface area contributed by atoms with Crippen LogP contribution in [0.25, 0.3) is 11.0 Å². The summed E-state index contributed by atoms with van der Waals surface area (Å²) >= 11 is 0. The molecule has 0 aliphatic rings. The van der Waals surface area contributed by atoms with Gasteiger partial charge in [-0.05, 0) is 31.2 Å². The van der Waals surface area contributed by atoms with Crippen molar-refractivity contribution in [2.75, 3.05) is 6.54 Å². The summed E-state index contributed by atoms with van der Waals surface area (Å²) in [6.45, 7) is 1.56. The summed E-state index contributed by atoms with van der Waals surface area (Å²) in [5.74, 6) is -0.946. The zero-order valence-corrected chi connectivity index (χ0v) is 13.4. The summed E-state index contributed by atoms with van der Waals surface area (Å²) in [5.41, 5.74) is 0.504. The summed E-state index contributed by atoms with van der Waals surface area (Å²) in [5, 5.41) is 2.98. The van der Waals surface area contributed by atoms with Crippen molar-refractivity contribution in [3.05, 3.63) is 76.1 Å². The average molecular weight is 337 g/mol. The minimum absolute atomic E-state index is 0.165. The first-order valence-corrected chi connectivity index (χ1v) is 7.61. The summed E-state index contributed by atoms with van der Waals surface area (Å²) in [6.07, 6.45) is 0. The lowest BCUT2D eigenvalue weighted by Crippen LogP contribution is -2.34. The van der Waals surface area contributed by atoms with Crippen LogP contribution in [0.5, 0.6) is 5.75 Å². The summed E-state index contributed by atoms with van der Waals surface area (Å²) in [6, 6.07) is 15.2. The number of benzene rings is 2. The predicted octanol–water partition coefficient (Wildman–Crippen LogP) is 2.44. The normalized spacial score (nSPS) is 10.4. The van der Waals surface area contributed by atoms with Gasteiger partial charge < -0.3 is 14.5 Å². The number of para-hydroxylation sites is 1. The highest BCUT2D eigenvalue weighted by atomic mass is 16.5. The first-order valence-electron chi connectivity index (χ1n) is 7.61. The first kappa shape index (κ1) is 16.4. The van der Waals surface area contributed by atoms with Gasteiger partial charge in [-0.2, -0.15) is 0 Å². The molecule has 6 heteroatoms. The molecular weight excluding hydrogens is 322 g/mol. The monoisotopic (exact) mass is 337 g/mol. The van der Waals surface area contributed by atoms with E-state index in [0.29, 0.717) is 16.7 Å². The number of esters is 1. The number of fused-ring (bicyclic) bond motifs is 1. The lowest BCUT2D eigenvalue weighted by molar-refractivity contribution is -0.133. The van der Waals surface area contributed by atoms with Crippen molar-refractivity contribution in [3.8, 4) is 5.75 Å². The van der Waals surface area contributed by atoms with Crippen molar-refractivity contribution in [3.63, 3.8) is 0 Å². The molecule has 3 aromatic rings. The minimum atomic E-state index is -0.761. The fourth-order valence-corrected chi connectivity index (χ4v) is 2.24. The van der Waals surface area contributed by atoms with Gasteiger partial charge in [-0.3, -0.25) is 4.79 Å². The van der Waals surface area contributed by atoms with Crippen LogP contribution in [-0.2, 0) is 4.79 Å². The van der Waals surface area contributed by atoms with Crippen molar-refractivity contribution >= 4 is 22.8 Å². The fraction of sp³-hybridized carbons (Fsp3) is 0.105. The zero-order valence-electron chi connectivity index (χ0n) is 13.4. The lowest BCUT2D eigenvalue weighted by atomic mass is 10.2. The molecule has 126 valence electrons. The van der Waals surface area contributed by atoms with Crippen LogP contribution in [0.2, 0.25) is 0 Å². The maximum absolute atomic E-state index is 12.1. The Hall–Kier alpha value is -3.41. The Bertz CT molecular complexity index is 989. The molecule has 0 fully saturated rings. The Morgan fingerprint density at radius 3 is 2.56 bits per heavy atom. The number of aryl methyl sites for hydroxylation is 1. The van der Waals surface area contributed by atoms with E-state index in [-0.39, 0.29) is 12.1 Å². The third-order valence-electron chi connectivity index (χ3n) is 3.53. The van der Waals surface area contributed by atoms with Gasteiger partial charge in [-0.15, -0.1) is 0 Å². The molecule has 3 rings (SSSR count). The lowest BCUT2D eigenvalue weighted by Gasteiger charge is -2.06. The number of nitrogens with one attached hydrogen (secondary N) is 1. The molecule has 0 spiro atoms. The highest BCUT2D eigenvalue weighted by Gasteiger charge is 2.15. The molecule has 0 saturated carbocycles. The molecule has 1 heterocycles. The molecule has 0 aliphatic carbocycles. The first-order chi connectivity index (χ1) is 12.0. The molecule has 0 saturated heterocycles. The Kier molecular flexibility index (Phi) is 4.61. The van der Waals surface area contributed by atoms with Gasteiger partial charge in [0.1, 0.15) is 23.4 Å². The van der Waals surface area contributed by atoms with E-state index in [1.165, 1.54) is 6.07 Å². The van der Waals surface area contributed by atoms with E-state index in [2.05, 4.69) is 5.32 Å². The van der Waals surface area contributed by atoms with Crippen LogP contribution in [0, 0.1) is 6.92 Å². The van der Waals surface area contributed by atoms with Gasteiger partial charge >= 0.3 is 11.6 Å². The van der Waals surface area contributed by atoms with Gasteiger partial charge in [0, 0.05) is 5.39 Å². The number of amides is 1. The van der Waals surface area contributed by atoms with Crippen molar-refractivity contribution in [1.29, 1.82) is 0 Å². The molecule has 0 radical (unpaired) electrons. The second-order valence-electron chi connectivity index (χ2n) is 5.46. The number of hydrogen-bond acceptors (Lipinski definition) is 5. The number of rotatable bonds is 4. The van der Waals surface area contributed by atoms with Gasteiger partial charge in [0.05, 0.1) is 0 Å². The third-order valence-corrected chi connectivity index (χ3v) is 3.53. The van der Waals surface area contributed by atoms with Crippen molar-refractivity contribution < 1.29 is 18.7 Å². The number of carbonyl (C=O) groups is 2. The maximum atomic E-state index is 12.1. The van der Waals surface area contributed by atoms with E-state index < -0.39 is 17.5 Å². The van der Waals surface area contributed by atoms with E-state index in [0.717, 1.165) is 5.56 Å². The SMILES string of the molecule is Cc1ccc(OC(=O)CNC(=O)c2cc3ccccc3oc2=O)cc1. The number of ether oxygens (including phenoxy) is 1. The van der Waals surface area contributed by atoms with E-state index in [9.17, 15) is 14.4 Å². The molecule has 1 amide bonds. The Morgan fingerprint density at radius 1 is 1.08 bits per heavy atom. The average Bonchev–Trinajstić information content (AvgIpc) is 2.61. The van der Waals surface area contributed by atoms with Crippen LogP contribution >= 0.6 is 0 Å². The van der Waals surface area contributed by atoms with Crippen LogP contribution in [0.1, 0.15) is 15.9 Å². The van der Waals surface area contributed by atoms with Gasteiger partial charge in [0.15, 0.2) is 0 Å². The fourth-order valence-electron chi connectivity index (χ4n) is 2.24. The zero-order chi connectivity index (χ0) is 17.8. The van der Waals surface area contributed by atoms with Crippen molar-refractivity contribution in [1.82, 2.24) is 5.32 Å².